The van der Waals surface area contributed by atoms with Gasteiger partial charge in [-0.05, 0) is 42.8 Å². The van der Waals surface area contributed by atoms with Crippen LogP contribution in [0.25, 0.3) is 5.69 Å². The summed E-state index contributed by atoms with van der Waals surface area (Å²) in [6.45, 7) is 2.04. The van der Waals surface area contributed by atoms with Gasteiger partial charge in [0.25, 0.3) is 0 Å². The van der Waals surface area contributed by atoms with Gasteiger partial charge in [0.15, 0.2) is 10.9 Å². The summed E-state index contributed by atoms with van der Waals surface area (Å²) in [5.74, 6) is 0.387. The molecule has 0 unspecified atom stereocenters. The van der Waals surface area contributed by atoms with E-state index in [9.17, 15) is 14.0 Å². The van der Waals surface area contributed by atoms with Crippen molar-refractivity contribution in [3.05, 3.63) is 71.8 Å². The summed E-state index contributed by atoms with van der Waals surface area (Å²) in [6, 6.07) is 15.2. The van der Waals surface area contributed by atoms with Crippen LogP contribution < -0.4 is 5.32 Å². The zero-order chi connectivity index (χ0) is 20.6. The first-order valence-electron chi connectivity index (χ1n) is 9.20. The normalized spacial score (nSPS) is 10.7. The molecule has 0 aliphatic heterocycles. The molecule has 2 aromatic carbocycles. The standard InChI is InChI=1S/C21H21FN4O2S/c1-15(27)23-13-5-8-20-24-25-21(26(20)18-6-3-2-4-7-18)29-14-19(28)16-9-11-17(22)12-10-16/h2-4,6-7,9-12H,5,8,13-14H2,1H3,(H,23,27). The number of benzene rings is 2. The van der Waals surface area contributed by atoms with Crippen molar-refractivity contribution in [1.82, 2.24) is 20.1 Å². The quantitative estimate of drug-likeness (QED) is 0.331. The molecule has 0 saturated carbocycles. The van der Waals surface area contributed by atoms with Crippen molar-refractivity contribution >= 4 is 23.5 Å². The molecule has 1 N–H and O–H groups in total. The van der Waals surface area contributed by atoms with E-state index in [2.05, 4.69) is 15.5 Å². The first kappa shape index (κ1) is 20.7. The molecular weight excluding hydrogens is 391 g/mol. The Kier molecular flexibility index (Phi) is 7.13. The number of ketones is 1. The minimum atomic E-state index is -0.373. The number of aryl methyl sites for hydroxylation is 1. The maximum absolute atomic E-state index is 13.1. The molecule has 3 aromatic rings. The molecule has 0 radical (unpaired) electrons. The second-order valence-electron chi connectivity index (χ2n) is 6.38. The molecule has 6 nitrogen and oxygen atoms in total. The van der Waals surface area contributed by atoms with Crippen LogP contribution in [0.4, 0.5) is 4.39 Å². The molecule has 150 valence electrons. The van der Waals surface area contributed by atoms with Crippen LogP contribution in [0.3, 0.4) is 0 Å². The number of halogens is 1. The molecule has 0 saturated heterocycles. The Balaban J connectivity index is 1.74. The fourth-order valence-electron chi connectivity index (χ4n) is 2.75. The number of hydrogen-bond donors (Lipinski definition) is 1. The highest BCUT2D eigenvalue weighted by atomic mass is 32.2. The number of hydrogen-bond acceptors (Lipinski definition) is 5. The van der Waals surface area contributed by atoms with Crippen molar-refractivity contribution in [3.63, 3.8) is 0 Å². The SMILES string of the molecule is CC(=O)NCCCc1nnc(SCC(=O)c2ccc(F)cc2)n1-c1ccccc1. The third-order valence-corrected chi connectivity index (χ3v) is 5.09. The number of amides is 1. The maximum atomic E-state index is 13.1. The van der Waals surface area contributed by atoms with Crippen LogP contribution in [0.1, 0.15) is 29.5 Å². The highest BCUT2D eigenvalue weighted by molar-refractivity contribution is 7.99. The Morgan fingerprint density at radius 1 is 1.07 bits per heavy atom. The largest absolute Gasteiger partial charge is 0.356 e. The van der Waals surface area contributed by atoms with E-state index in [1.54, 1.807) is 0 Å². The molecule has 1 amide bonds. The smallest absolute Gasteiger partial charge is 0.216 e. The van der Waals surface area contributed by atoms with Crippen LogP contribution in [0.2, 0.25) is 0 Å². The van der Waals surface area contributed by atoms with Crippen molar-refractivity contribution in [2.75, 3.05) is 12.3 Å². The van der Waals surface area contributed by atoms with Gasteiger partial charge in [0.1, 0.15) is 11.6 Å². The number of nitrogens with one attached hydrogen (secondary N) is 1. The molecule has 8 heteroatoms. The van der Waals surface area contributed by atoms with E-state index in [-0.39, 0.29) is 23.3 Å². The zero-order valence-electron chi connectivity index (χ0n) is 16.0. The second kappa shape index (κ2) is 9.97. The number of rotatable bonds is 9. The molecule has 1 aromatic heterocycles. The van der Waals surface area contributed by atoms with Gasteiger partial charge in [-0.3, -0.25) is 14.2 Å². The van der Waals surface area contributed by atoms with E-state index < -0.39 is 0 Å². The maximum Gasteiger partial charge on any atom is 0.216 e. The minimum absolute atomic E-state index is 0.0647. The van der Waals surface area contributed by atoms with E-state index in [0.29, 0.717) is 23.7 Å². The number of nitrogens with zero attached hydrogens (tertiary/aromatic N) is 3. The number of carbonyl (C=O) groups excluding carboxylic acids is 2. The van der Waals surface area contributed by atoms with Gasteiger partial charge in [-0.15, -0.1) is 10.2 Å². The van der Waals surface area contributed by atoms with Gasteiger partial charge in [-0.25, -0.2) is 4.39 Å². The van der Waals surface area contributed by atoms with Crippen LogP contribution >= 0.6 is 11.8 Å². The number of carbonyl (C=O) groups is 2. The molecule has 0 aliphatic rings. The highest BCUT2D eigenvalue weighted by Crippen LogP contribution is 2.23. The molecule has 0 spiro atoms. The first-order valence-corrected chi connectivity index (χ1v) is 10.2. The Morgan fingerprint density at radius 3 is 2.48 bits per heavy atom. The summed E-state index contributed by atoms with van der Waals surface area (Å²) in [5, 5.41) is 11.9. The van der Waals surface area contributed by atoms with Crippen molar-refractivity contribution in [2.45, 2.75) is 24.9 Å². The average molecular weight is 412 g/mol. The van der Waals surface area contributed by atoms with E-state index in [0.717, 1.165) is 17.9 Å². The molecule has 1 heterocycles. The fraction of sp³-hybridized carbons (Fsp3) is 0.238. The summed E-state index contributed by atoms with van der Waals surface area (Å²) in [5.41, 5.74) is 1.36. The van der Waals surface area contributed by atoms with Crippen LogP contribution in [0.15, 0.2) is 59.8 Å². The van der Waals surface area contributed by atoms with Crippen LogP contribution in [-0.2, 0) is 11.2 Å². The van der Waals surface area contributed by atoms with Crippen molar-refractivity contribution < 1.29 is 14.0 Å². The molecule has 0 bridgehead atoms. The lowest BCUT2D eigenvalue weighted by molar-refractivity contribution is -0.118. The molecule has 0 aliphatic carbocycles. The van der Waals surface area contributed by atoms with Gasteiger partial charge in [-0.1, -0.05) is 30.0 Å². The number of para-hydroxylation sites is 1. The number of Topliss-reactive ketones (excluding diaryl/α,β-unsaturated/α-hetero) is 1. The van der Waals surface area contributed by atoms with Gasteiger partial charge in [-0.2, -0.15) is 0 Å². The second-order valence-corrected chi connectivity index (χ2v) is 7.32. The van der Waals surface area contributed by atoms with Crippen molar-refractivity contribution in [3.8, 4) is 5.69 Å². The third kappa shape index (κ3) is 5.74. The lowest BCUT2D eigenvalue weighted by atomic mass is 10.1. The fourth-order valence-corrected chi connectivity index (χ4v) is 3.62. The molecule has 0 atom stereocenters. The van der Waals surface area contributed by atoms with E-state index >= 15 is 0 Å². The Hall–Kier alpha value is -3.00. The van der Waals surface area contributed by atoms with Crippen molar-refractivity contribution in [1.29, 1.82) is 0 Å². The summed E-state index contributed by atoms with van der Waals surface area (Å²) < 4.78 is 15.0. The predicted molar refractivity (Wildman–Crippen MR) is 110 cm³/mol. The first-order chi connectivity index (χ1) is 14.0. The molecular formula is C21H21FN4O2S. The minimum Gasteiger partial charge on any atom is -0.356 e. The van der Waals surface area contributed by atoms with E-state index in [1.165, 1.54) is 43.0 Å². The van der Waals surface area contributed by atoms with E-state index in [1.807, 2.05) is 34.9 Å². The van der Waals surface area contributed by atoms with Crippen LogP contribution in [0, 0.1) is 5.82 Å². The molecule has 3 rings (SSSR count). The van der Waals surface area contributed by atoms with Crippen LogP contribution in [-0.4, -0.2) is 38.8 Å². The Labute approximate surface area is 172 Å². The van der Waals surface area contributed by atoms with Gasteiger partial charge in [0.05, 0.1) is 5.75 Å². The molecule has 0 fully saturated rings. The topological polar surface area (TPSA) is 76.9 Å². The predicted octanol–water partition coefficient (Wildman–Crippen LogP) is 3.45. The van der Waals surface area contributed by atoms with Crippen molar-refractivity contribution in [2.24, 2.45) is 0 Å². The monoisotopic (exact) mass is 412 g/mol. The van der Waals surface area contributed by atoms with Gasteiger partial charge >= 0.3 is 0 Å². The van der Waals surface area contributed by atoms with E-state index in [4.69, 9.17) is 0 Å². The Bertz CT molecular complexity index is 974. The lowest BCUT2D eigenvalue weighted by Gasteiger charge is -2.10. The summed E-state index contributed by atoms with van der Waals surface area (Å²) in [4.78, 5) is 23.4. The Morgan fingerprint density at radius 2 is 1.79 bits per heavy atom. The van der Waals surface area contributed by atoms with Gasteiger partial charge in [0.2, 0.25) is 5.91 Å². The third-order valence-electron chi connectivity index (χ3n) is 4.16. The summed E-state index contributed by atoms with van der Waals surface area (Å²) in [6.07, 6.45) is 1.36. The summed E-state index contributed by atoms with van der Waals surface area (Å²) >= 11 is 1.29. The van der Waals surface area contributed by atoms with Crippen LogP contribution in [0.5, 0.6) is 0 Å². The zero-order valence-corrected chi connectivity index (χ0v) is 16.8. The number of aromatic nitrogens is 3. The van der Waals surface area contributed by atoms with Gasteiger partial charge < -0.3 is 5.32 Å². The summed E-state index contributed by atoms with van der Waals surface area (Å²) in [7, 11) is 0. The lowest BCUT2D eigenvalue weighted by Crippen LogP contribution is -2.21. The van der Waals surface area contributed by atoms with Gasteiger partial charge in [0, 0.05) is 31.1 Å². The average Bonchev–Trinajstić information content (AvgIpc) is 3.13. The number of thioether (sulfide) groups is 1. The molecule has 29 heavy (non-hydrogen) atoms. The highest BCUT2D eigenvalue weighted by Gasteiger charge is 2.16.